The second kappa shape index (κ2) is 6.47. The standard InChI is InChI=1S/C16H15Cl2FO/c1-10-5-13(8-17)6-11(2)16(10)20-9-12-3-4-14(18)15(19)7-12/h3-7H,8-9H2,1-2H3. The van der Waals surface area contributed by atoms with E-state index < -0.39 is 5.82 Å². The van der Waals surface area contributed by atoms with E-state index in [1.165, 1.54) is 12.1 Å². The van der Waals surface area contributed by atoms with Crippen molar-refractivity contribution >= 4 is 23.2 Å². The van der Waals surface area contributed by atoms with Gasteiger partial charge in [0, 0.05) is 5.88 Å². The normalized spacial score (nSPS) is 10.7. The van der Waals surface area contributed by atoms with Crippen LogP contribution in [0.3, 0.4) is 0 Å². The van der Waals surface area contributed by atoms with Gasteiger partial charge in [-0.15, -0.1) is 11.6 Å². The molecule has 0 N–H and O–H groups in total. The number of alkyl halides is 1. The zero-order valence-corrected chi connectivity index (χ0v) is 12.9. The van der Waals surface area contributed by atoms with Gasteiger partial charge >= 0.3 is 0 Å². The number of ether oxygens (including phenoxy) is 1. The lowest BCUT2D eigenvalue weighted by atomic mass is 10.1. The van der Waals surface area contributed by atoms with E-state index in [-0.39, 0.29) is 5.02 Å². The Hall–Kier alpha value is -1.25. The Morgan fingerprint density at radius 3 is 2.25 bits per heavy atom. The van der Waals surface area contributed by atoms with Gasteiger partial charge in [0.05, 0.1) is 5.02 Å². The van der Waals surface area contributed by atoms with Crippen molar-refractivity contribution in [1.29, 1.82) is 0 Å². The third kappa shape index (κ3) is 3.44. The molecule has 0 unspecified atom stereocenters. The first-order valence-electron chi connectivity index (χ1n) is 6.24. The summed E-state index contributed by atoms with van der Waals surface area (Å²) in [6, 6.07) is 8.67. The average molecular weight is 313 g/mol. The zero-order valence-electron chi connectivity index (χ0n) is 11.3. The van der Waals surface area contributed by atoms with Crippen LogP contribution in [0.2, 0.25) is 5.02 Å². The lowest BCUT2D eigenvalue weighted by Crippen LogP contribution is -2.00. The van der Waals surface area contributed by atoms with E-state index in [0.29, 0.717) is 12.5 Å². The van der Waals surface area contributed by atoms with Crippen LogP contribution in [0, 0.1) is 19.7 Å². The predicted molar refractivity (Wildman–Crippen MR) is 81.2 cm³/mol. The summed E-state index contributed by atoms with van der Waals surface area (Å²) in [5, 5.41) is 0.118. The minimum absolute atomic E-state index is 0.118. The topological polar surface area (TPSA) is 9.23 Å². The fourth-order valence-corrected chi connectivity index (χ4v) is 2.40. The summed E-state index contributed by atoms with van der Waals surface area (Å²) < 4.78 is 19.2. The number of halogens is 3. The fourth-order valence-electron chi connectivity index (χ4n) is 2.13. The van der Waals surface area contributed by atoms with Crippen molar-refractivity contribution in [1.82, 2.24) is 0 Å². The predicted octanol–water partition coefficient (Wildman–Crippen LogP) is 5.41. The summed E-state index contributed by atoms with van der Waals surface area (Å²) in [6.45, 7) is 4.25. The van der Waals surface area contributed by atoms with Gasteiger partial charge in [-0.2, -0.15) is 0 Å². The van der Waals surface area contributed by atoms with E-state index in [0.717, 1.165) is 28.0 Å². The van der Waals surface area contributed by atoms with Gasteiger partial charge < -0.3 is 4.74 Å². The maximum Gasteiger partial charge on any atom is 0.142 e. The highest BCUT2D eigenvalue weighted by Crippen LogP contribution is 2.27. The van der Waals surface area contributed by atoms with Crippen LogP contribution in [-0.2, 0) is 12.5 Å². The minimum atomic E-state index is -0.432. The van der Waals surface area contributed by atoms with E-state index in [1.54, 1.807) is 6.07 Å². The molecule has 0 aliphatic carbocycles. The summed E-state index contributed by atoms with van der Waals surface area (Å²) in [4.78, 5) is 0. The Bertz CT molecular complexity index is 603. The molecule has 0 heterocycles. The Morgan fingerprint density at radius 2 is 1.70 bits per heavy atom. The molecule has 0 aromatic heterocycles. The van der Waals surface area contributed by atoms with Crippen LogP contribution in [0.15, 0.2) is 30.3 Å². The fraction of sp³-hybridized carbons (Fsp3) is 0.250. The number of hydrogen-bond acceptors (Lipinski definition) is 1. The molecule has 0 fully saturated rings. The van der Waals surface area contributed by atoms with Crippen molar-refractivity contribution < 1.29 is 9.13 Å². The van der Waals surface area contributed by atoms with E-state index in [9.17, 15) is 4.39 Å². The van der Waals surface area contributed by atoms with Crippen molar-refractivity contribution in [2.45, 2.75) is 26.3 Å². The molecule has 2 aromatic carbocycles. The van der Waals surface area contributed by atoms with Gasteiger partial charge in [0.2, 0.25) is 0 Å². The third-order valence-corrected chi connectivity index (χ3v) is 3.66. The van der Waals surface area contributed by atoms with Crippen LogP contribution in [-0.4, -0.2) is 0 Å². The molecular formula is C16H15Cl2FO. The molecule has 0 amide bonds. The maximum absolute atomic E-state index is 13.4. The van der Waals surface area contributed by atoms with E-state index in [4.69, 9.17) is 27.9 Å². The monoisotopic (exact) mass is 312 g/mol. The van der Waals surface area contributed by atoms with Crippen LogP contribution >= 0.6 is 23.2 Å². The molecule has 0 aliphatic rings. The molecule has 0 bridgehead atoms. The van der Waals surface area contributed by atoms with E-state index in [1.807, 2.05) is 26.0 Å². The van der Waals surface area contributed by atoms with Crippen molar-refractivity contribution in [3.05, 3.63) is 63.4 Å². The first-order chi connectivity index (χ1) is 9.51. The molecule has 0 saturated heterocycles. The van der Waals surface area contributed by atoms with Crippen LogP contribution in [0.1, 0.15) is 22.3 Å². The van der Waals surface area contributed by atoms with Gasteiger partial charge in [-0.3, -0.25) is 0 Å². The molecule has 2 rings (SSSR count). The minimum Gasteiger partial charge on any atom is -0.488 e. The third-order valence-electron chi connectivity index (χ3n) is 3.04. The Kier molecular flexibility index (Phi) is 4.90. The van der Waals surface area contributed by atoms with Gasteiger partial charge in [0.1, 0.15) is 18.2 Å². The first-order valence-corrected chi connectivity index (χ1v) is 7.15. The lowest BCUT2D eigenvalue weighted by Gasteiger charge is -2.13. The molecule has 106 valence electrons. The quantitative estimate of drug-likeness (QED) is 0.685. The van der Waals surface area contributed by atoms with Crippen LogP contribution in [0.25, 0.3) is 0 Å². The molecule has 2 aromatic rings. The molecule has 0 saturated carbocycles. The van der Waals surface area contributed by atoms with Crippen molar-refractivity contribution in [3.63, 3.8) is 0 Å². The number of aryl methyl sites for hydroxylation is 2. The average Bonchev–Trinajstić information content (AvgIpc) is 2.41. The smallest absolute Gasteiger partial charge is 0.142 e. The highest BCUT2D eigenvalue weighted by atomic mass is 35.5. The zero-order chi connectivity index (χ0) is 14.7. The van der Waals surface area contributed by atoms with Gasteiger partial charge in [0.25, 0.3) is 0 Å². The summed E-state index contributed by atoms with van der Waals surface area (Å²) >= 11 is 11.5. The van der Waals surface area contributed by atoms with Gasteiger partial charge in [-0.25, -0.2) is 4.39 Å². The molecule has 0 atom stereocenters. The van der Waals surface area contributed by atoms with Crippen LogP contribution in [0.5, 0.6) is 5.75 Å². The second-order valence-corrected chi connectivity index (χ2v) is 5.40. The summed E-state index contributed by atoms with van der Waals surface area (Å²) in [5.41, 5.74) is 3.85. The van der Waals surface area contributed by atoms with E-state index >= 15 is 0 Å². The van der Waals surface area contributed by atoms with Gasteiger partial charge in [-0.1, -0.05) is 29.8 Å². The highest BCUT2D eigenvalue weighted by molar-refractivity contribution is 6.30. The van der Waals surface area contributed by atoms with Crippen LogP contribution in [0.4, 0.5) is 4.39 Å². The first kappa shape index (κ1) is 15.1. The SMILES string of the molecule is Cc1cc(CCl)cc(C)c1OCc1ccc(Cl)c(F)c1. The molecule has 1 nitrogen and oxygen atoms in total. The summed E-state index contributed by atoms with van der Waals surface area (Å²) in [6.07, 6.45) is 0. The van der Waals surface area contributed by atoms with E-state index in [2.05, 4.69) is 0 Å². The molecule has 4 heteroatoms. The molecule has 0 spiro atoms. The van der Waals surface area contributed by atoms with Crippen molar-refractivity contribution in [3.8, 4) is 5.75 Å². The molecule has 0 aliphatic heterocycles. The number of benzene rings is 2. The van der Waals surface area contributed by atoms with Gasteiger partial charge in [-0.05, 0) is 48.2 Å². The van der Waals surface area contributed by atoms with Crippen molar-refractivity contribution in [2.75, 3.05) is 0 Å². The second-order valence-electron chi connectivity index (χ2n) is 4.73. The molecule has 20 heavy (non-hydrogen) atoms. The van der Waals surface area contributed by atoms with Crippen molar-refractivity contribution in [2.24, 2.45) is 0 Å². The molecular weight excluding hydrogens is 298 g/mol. The lowest BCUT2D eigenvalue weighted by molar-refractivity contribution is 0.301. The van der Waals surface area contributed by atoms with Gasteiger partial charge in [0.15, 0.2) is 0 Å². The number of rotatable bonds is 4. The highest BCUT2D eigenvalue weighted by Gasteiger charge is 2.08. The summed E-state index contributed by atoms with van der Waals surface area (Å²) in [7, 11) is 0. The Balaban J connectivity index is 2.16. The Morgan fingerprint density at radius 1 is 1.05 bits per heavy atom. The Labute approximate surface area is 128 Å². The maximum atomic E-state index is 13.4. The molecule has 0 radical (unpaired) electrons. The largest absolute Gasteiger partial charge is 0.488 e. The summed E-state index contributed by atoms with van der Waals surface area (Å²) in [5.74, 6) is 0.859. The number of hydrogen-bond donors (Lipinski definition) is 0. The van der Waals surface area contributed by atoms with Crippen LogP contribution < -0.4 is 4.74 Å².